The molecule has 0 atom stereocenters. The molecular formula is C14H22BrN3O. The van der Waals surface area contributed by atoms with Gasteiger partial charge in [-0.3, -0.25) is 9.48 Å². The normalized spacial score (nSPS) is 18.5. The first-order valence-corrected chi connectivity index (χ1v) is 7.73. The van der Waals surface area contributed by atoms with E-state index in [-0.39, 0.29) is 5.41 Å². The van der Waals surface area contributed by atoms with Gasteiger partial charge in [0.05, 0.1) is 22.3 Å². The Balaban J connectivity index is 2.18. The van der Waals surface area contributed by atoms with E-state index < -0.39 is 0 Å². The molecule has 1 aromatic heterocycles. The number of Topliss-reactive ketones (excluding diaryl/α,β-unsaturated/α-hetero) is 1. The number of aryl methyl sites for hydroxylation is 2. The lowest BCUT2D eigenvalue weighted by atomic mass is 9.76. The molecule has 0 saturated carbocycles. The van der Waals surface area contributed by atoms with E-state index in [9.17, 15) is 4.79 Å². The number of ketones is 1. The number of carbonyl (C=O) groups is 1. The van der Waals surface area contributed by atoms with Gasteiger partial charge in [-0.1, -0.05) is 6.92 Å². The molecule has 19 heavy (non-hydrogen) atoms. The van der Waals surface area contributed by atoms with Crippen molar-refractivity contribution in [1.82, 2.24) is 15.1 Å². The van der Waals surface area contributed by atoms with Crippen molar-refractivity contribution in [3.63, 3.8) is 0 Å². The molecule has 0 aromatic carbocycles. The van der Waals surface area contributed by atoms with Gasteiger partial charge in [0, 0.05) is 12.0 Å². The summed E-state index contributed by atoms with van der Waals surface area (Å²) in [5.74, 6) is 0.337. The van der Waals surface area contributed by atoms with Gasteiger partial charge in [-0.05, 0) is 55.7 Å². The number of halogens is 1. The number of carbonyl (C=O) groups excluding carboxylic acids is 1. The summed E-state index contributed by atoms with van der Waals surface area (Å²) in [6, 6.07) is 0. The zero-order valence-corrected chi connectivity index (χ0v) is 13.5. The van der Waals surface area contributed by atoms with E-state index in [0.717, 1.165) is 48.3 Å². The van der Waals surface area contributed by atoms with Crippen molar-refractivity contribution >= 4 is 21.7 Å². The molecule has 0 aliphatic carbocycles. The van der Waals surface area contributed by atoms with Gasteiger partial charge < -0.3 is 5.32 Å². The van der Waals surface area contributed by atoms with E-state index in [1.54, 1.807) is 0 Å². The van der Waals surface area contributed by atoms with Crippen LogP contribution < -0.4 is 5.32 Å². The summed E-state index contributed by atoms with van der Waals surface area (Å²) < 4.78 is 2.92. The third kappa shape index (κ3) is 2.92. The van der Waals surface area contributed by atoms with Gasteiger partial charge in [0.1, 0.15) is 5.78 Å². The van der Waals surface area contributed by atoms with E-state index >= 15 is 0 Å². The third-order valence-electron chi connectivity index (χ3n) is 4.16. The predicted molar refractivity (Wildman–Crippen MR) is 79.3 cm³/mol. The number of hydrogen-bond donors (Lipinski definition) is 1. The molecule has 106 valence electrons. The average molecular weight is 328 g/mol. The first-order chi connectivity index (χ1) is 8.98. The number of aromatic nitrogens is 2. The van der Waals surface area contributed by atoms with Crippen molar-refractivity contribution in [3.05, 3.63) is 15.9 Å². The summed E-state index contributed by atoms with van der Waals surface area (Å²) in [7, 11) is 0. The first kappa shape index (κ1) is 14.7. The smallest absolute Gasteiger partial charge is 0.144 e. The quantitative estimate of drug-likeness (QED) is 0.924. The van der Waals surface area contributed by atoms with Crippen LogP contribution in [0.25, 0.3) is 0 Å². The molecule has 1 saturated heterocycles. The van der Waals surface area contributed by atoms with Crippen molar-refractivity contribution in [2.45, 2.75) is 46.6 Å². The van der Waals surface area contributed by atoms with Crippen LogP contribution in [0.1, 0.15) is 38.1 Å². The second kappa shape index (κ2) is 5.75. The summed E-state index contributed by atoms with van der Waals surface area (Å²) in [4.78, 5) is 12.6. The minimum absolute atomic E-state index is 0.179. The largest absolute Gasteiger partial charge is 0.317 e. The number of hydrogen-bond acceptors (Lipinski definition) is 3. The Bertz CT molecular complexity index is 475. The molecule has 1 aliphatic heterocycles. The summed E-state index contributed by atoms with van der Waals surface area (Å²) in [5.41, 5.74) is 1.80. The van der Waals surface area contributed by atoms with Crippen LogP contribution in [0.15, 0.2) is 4.47 Å². The standard InChI is InChI=1S/C14H22BrN3O/c1-4-18-11(13(15)10(2)17-18)9-12(19)14(3)5-7-16-8-6-14/h16H,4-9H2,1-3H3. The van der Waals surface area contributed by atoms with Crippen molar-refractivity contribution in [2.24, 2.45) is 5.41 Å². The predicted octanol–water partition coefficient (Wildman–Crippen LogP) is 2.48. The average Bonchev–Trinajstić information content (AvgIpc) is 2.67. The highest BCUT2D eigenvalue weighted by Crippen LogP contribution is 2.32. The third-order valence-corrected chi connectivity index (χ3v) is 5.19. The lowest BCUT2D eigenvalue weighted by Crippen LogP contribution is -2.41. The van der Waals surface area contributed by atoms with Crippen molar-refractivity contribution in [2.75, 3.05) is 13.1 Å². The van der Waals surface area contributed by atoms with Gasteiger partial charge in [0.2, 0.25) is 0 Å². The molecule has 1 aromatic rings. The molecule has 1 aliphatic rings. The number of piperidine rings is 1. The fourth-order valence-corrected chi connectivity index (χ4v) is 3.08. The molecule has 5 heteroatoms. The van der Waals surface area contributed by atoms with Gasteiger partial charge >= 0.3 is 0 Å². The minimum Gasteiger partial charge on any atom is -0.317 e. The Morgan fingerprint density at radius 1 is 1.47 bits per heavy atom. The van der Waals surface area contributed by atoms with Crippen LogP contribution in [-0.4, -0.2) is 28.7 Å². The second-order valence-corrected chi connectivity index (χ2v) is 6.37. The van der Waals surface area contributed by atoms with Crippen LogP contribution in [0.2, 0.25) is 0 Å². The van der Waals surface area contributed by atoms with E-state index in [0.29, 0.717) is 12.2 Å². The van der Waals surface area contributed by atoms with Crippen molar-refractivity contribution in [3.8, 4) is 0 Å². The molecule has 2 rings (SSSR count). The summed E-state index contributed by atoms with van der Waals surface area (Å²) in [6.07, 6.45) is 2.34. The van der Waals surface area contributed by atoms with E-state index in [2.05, 4.69) is 40.2 Å². The van der Waals surface area contributed by atoms with E-state index in [1.165, 1.54) is 0 Å². The molecule has 0 amide bonds. The Morgan fingerprint density at radius 3 is 2.68 bits per heavy atom. The zero-order valence-electron chi connectivity index (χ0n) is 11.9. The lowest BCUT2D eigenvalue weighted by molar-refractivity contribution is -0.128. The first-order valence-electron chi connectivity index (χ1n) is 6.93. The molecule has 0 unspecified atom stereocenters. The molecular weight excluding hydrogens is 306 g/mol. The molecule has 2 heterocycles. The van der Waals surface area contributed by atoms with Gasteiger partial charge in [-0.15, -0.1) is 0 Å². The van der Waals surface area contributed by atoms with E-state index in [1.807, 2.05) is 11.6 Å². The van der Waals surface area contributed by atoms with Crippen LogP contribution in [0.4, 0.5) is 0 Å². The SMILES string of the molecule is CCn1nc(C)c(Br)c1CC(=O)C1(C)CCNCC1. The lowest BCUT2D eigenvalue weighted by Gasteiger charge is -2.32. The monoisotopic (exact) mass is 327 g/mol. The second-order valence-electron chi connectivity index (χ2n) is 5.57. The molecule has 4 nitrogen and oxygen atoms in total. The molecule has 1 fully saturated rings. The number of rotatable bonds is 4. The van der Waals surface area contributed by atoms with E-state index in [4.69, 9.17) is 0 Å². The fraction of sp³-hybridized carbons (Fsp3) is 0.714. The Labute approximate surface area is 123 Å². The Morgan fingerprint density at radius 2 is 2.11 bits per heavy atom. The summed E-state index contributed by atoms with van der Waals surface area (Å²) in [6.45, 7) is 8.80. The van der Waals surface area contributed by atoms with Gasteiger partial charge in [-0.2, -0.15) is 5.10 Å². The minimum atomic E-state index is -0.179. The maximum absolute atomic E-state index is 12.6. The van der Waals surface area contributed by atoms with Crippen molar-refractivity contribution in [1.29, 1.82) is 0 Å². The Kier molecular flexibility index (Phi) is 4.46. The molecule has 0 spiro atoms. The molecule has 0 radical (unpaired) electrons. The highest BCUT2D eigenvalue weighted by atomic mass is 79.9. The molecule has 1 N–H and O–H groups in total. The summed E-state index contributed by atoms with van der Waals surface area (Å²) >= 11 is 3.56. The van der Waals surface area contributed by atoms with Crippen LogP contribution in [-0.2, 0) is 17.8 Å². The van der Waals surface area contributed by atoms with Gasteiger partial charge in [0.15, 0.2) is 0 Å². The maximum Gasteiger partial charge on any atom is 0.144 e. The van der Waals surface area contributed by atoms with Crippen LogP contribution in [0.3, 0.4) is 0 Å². The van der Waals surface area contributed by atoms with Gasteiger partial charge in [0.25, 0.3) is 0 Å². The van der Waals surface area contributed by atoms with Crippen LogP contribution >= 0.6 is 15.9 Å². The van der Waals surface area contributed by atoms with Crippen LogP contribution in [0.5, 0.6) is 0 Å². The zero-order chi connectivity index (χ0) is 14.0. The maximum atomic E-state index is 12.6. The summed E-state index contributed by atoms with van der Waals surface area (Å²) in [5, 5.41) is 7.77. The highest BCUT2D eigenvalue weighted by Gasteiger charge is 2.35. The Hall–Kier alpha value is -0.680. The highest BCUT2D eigenvalue weighted by molar-refractivity contribution is 9.10. The number of nitrogens with one attached hydrogen (secondary N) is 1. The topological polar surface area (TPSA) is 46.9 Å². The van der Waals surface area contributed by atoms with Gasteiger partial charge in [-0.25, -0.2) is 0 Å². The fourth-order valence-electron chi connectivity index (χ4n) is 2.66. The number of nitrogens with zero attached hydrogens (tertiary/aromatic N) is 2. The van der Waals surface area contributed by atoms with Crippen molar-refractivity contribution < 1.29 is 4.79 Å². The van der Waals surface area contributed by atoms with Crippen LogP contribution in [0, 0.1) is 12.3 Å². The molecule has 0 bridgehead atoms.